The van der Waals surface area contributed by atoms with Gasteiger partial charge in [0.2, 0.25) is 0 Å². The molecular weight excluding hydrogens is 504 g/mol. The quantitative estimate of drug-likeness (QED) is 0.470. The highest BCUT2D eigenvalue weighted by molar-refractivity contribution is 6.32. The molecule has 1 aromatic heterocycles. The molecule has 0 spiro atoms. The van der Waals surface area contributed by atoms with Gasteiger partial charge in [0.05, 0.1) is 6.61 Å². The van der Waals surface area contributed by atoms with Crippen LogP contribution in [-0.4, -0.2) is 88.7 Å². The molecule has 2 saturated heterocycles. The lowest BCUT2D eigenvalue weighted by Gasteiger charge is -2.47. The molecule has 1 amide bonds. The predicted molar refractivity (Wildman–Crippen MR) is 139 cm³/mol. The highest BCUT2D eigenvalue weighted by atomic mass is 35.5. The number of piperazine rings is 1. The van der Waals surface area contributed by atoms with E-state index in [0.717, 1.165) is 45.0 Å². The number of piperidine rings is 1. The van der Waals surface area contributed by atoms with Crippen LogP contribution in [0.25, 0.3) is 0 Å². The zero-order valence-corrected chi connectivity index (χ0v) is 21.7. The topological polar surface area (TPSA) is 111 Å². The molecule has 9 nitrogen and oxygen atoms in total. The van der Waals surface area contributed by atoms with Crippen LogP contribution in [0.15, 0.2) is 18.2 Å². The van der Waals surface area contributed by atoms with Crippen molar-refractivity contribution in [3.63, 3.8) is 0 Å². The Bertz CT molecular complexity index is 1100. The van der Waals surface area contributed by atoms with E-state index >= 15 is 0 Å². The number of carbonyl (C=O) groups excluding carboxylic acids is 1. The number of nitrogens with one attached hydrogen (secondary N) is 1. The van der Waals surface area contributed by atoms with Crippen LogP contribution in [0.1, 0.15) is 42.2 Å². The maximum absolute atomic E-state index is 14.1. The second-order valence-corrected chi connectivity index (χ2v) is 9.90. The van der Waals surface area contributed by atoms with E-state index in [1.807, 2.05) is 0 Å². The van der Waals surface area contributed by atoms with Gasteiger partial charge in [-0.1, -0.05) is 24.6 Å². The van der Waals surface area contributed by atoms with Crippen molar-refractivity contribution in [2.24, 2.45) is 0 Å². The van der Waals surface area contributed by atoms with E-state index in [-0.39, 0.29) is 35.9 Å². The minimum atomic E-state index is -0.556. The third-order valence-electron chi connectivity index (χ3n) is 7.21. The molecule has 12 heteroatoms. The number of aliphatic hydroxyl groups excluding tert-OH is 1. The lowest BCUT2D eigenvalue weighted by Crippen LogP contribution is -2.58. The van der Waals surface area contributed by atoms with Crippen molar-refractivity contribution in [2.75, 3.05) is 56.5 Å². The summed E-state index contributed by atoms with van der Waals surface area (Å²) >= 11 is 6.42. The van der Waals surface area contributed by atoms with Gasteiger partial charge in [-0.2, -0.15) is 0 Å². The number of carbonyl (C=O) groups is 1. The number of nitrogens with zero attached hydrogens (tertiary/aromatic N) is 5. The Kier molecular flexibility index (Phi) is 9.12. The molecule has 2 aliphatic heterocycles. The molecule has 1 atom stereocenters. The van der Waals surface area contributed by atoms with Crippen molar-refractivity contribution < 1.29 is 18.7 Å². The van der Waals surface area contributed by atoms with E-state index in [1.165, 1.54) is 12.1 Å². The molecule has 202 valence electrons. The van der Waals surface area contributed by atoms with Crippen molar-refractivity contribution in [1.82, 2.24) is 25.1 Å². The summed E-state index contributed by atoms with van der Waals surface area (Å²) in [6, 6.07) is 4.48. The maximum Gasteiger partial charge on any atom is 0.273 e. The highest BCUT2D eigenvalue weighted by Crippen LogP contribution is 2.30. The average Bonchev–Trinajstić information content (AvgIpc) is 2.90. The lowest BCUT2D eigenvalue weighted by atomic mass is 9.98. The molecule has 4 rings (SSSR count). The van der Waals surface area contributed by atoms with Crippen molar-refractivity contribution in [1.29, 1.82) is 0 Å². The van der Waals surface area contributed by atoms with Gasteiger partial charge in [-0.25, -0.2) is 18.7 Å². The van der Waals surface area contributed by atoms with Crippen molar-refractivity contribution in [2.45, 2.75) is 44.8 Å². The van der Waals surface area contributed by atoms with Gasteiger partial charge in [0, 0.05) is 56.4 Å². The second kappa shape index (κ2) is 12.3. The van der Waals surface area contributed by atoms with E-state index in [4.69, 9.17) is 22.4 Å². The first-order chi connectivity index (χ1) is 17.8. The molecular formula is C25H34ClF2N7O2. The minimum absolute atomic E-state index is 0.00437. The number of aliphatic hydroxyl groups is 1. The Morgan fingerprint density at radius 2 is 1.97 bits per heavy atom. The summed E-state index contributed by atoms with van der Waals surface area (Å²) in [6.45, 7) is 6.47. The van der Waals surface area contributed by atoms with Crippen LogP contribution in [0.5, 0.6) is 0 Å². The molecule has 2 aromatic rings. The van der Waals surface area contributed by atoms with Crippen LogP contribution >= 0.6 is 11.6 Å². The molecule has 0 unspecified atom stereocenters. The molecule has 0 bridgehead atoms. The van der Waals surface area contributed by atoms with Gasteiger partial charge in [-0.05, 0) is 38.4 Å². The van der Waals surface area contributed by atoms with Crippen molar-refractivity contribution in [3.05, 3.63) is 46.2 Å². The standard InChI is InChI=1S/C25H34ClF2N7O2/c1-2-18-15-34(24-22(26)31-21(23(29)32-24)25(37)30-7-12-36)10-11-35(18)19-5-8-33(9-6-19)14-16-3-4-17(27)13-20(16)28/h3-4,13,18-19,36H,2,5-12,14-15H2,1H3,(H2,29,32)(H,30,37)/t18-/m0/s1. The summed E-state index contributed by atoms with van der Waals surface area (Å²) in [5.74, 6) is -1.12. The number of likely N-dealkylation sites (tertiary alicyclic amines) is 1. The smallest absolute Gasteiger partial charge is 0.273 e. The van der Waals surface area contributed by atoms with Crippen molar-refractivity contribution >= 4 is 29.1 Å². The Morgan fingerprint density at radius 1 is 1.22 bits per heavy atom. The molecule has 3 heterocycles. The van der Waals surface area contributed by atoms with Crippen LogP contribution < -0.4 is 16.0 Å². The molecule has 2 aliphatic rings. The second-order valence-electron chi connectivity index (χ2n) is 9.54. The lowest BCUT2D eigenvalue weighted by molar-refractivity contribution is 0.0607. The number of amides is 1. The predicted octanol–water partition coefficient (Wildman–Crippen LogP) is 2.28. The van der Waals surface area contributed by atoms with Crippen LogP contribution in [0.2, 0.25) is 5.15 Å². The van der Waals surface area contributed by atoms with Gasteiger partial charge >= 0.3 is 0 Å². The number of benzene rings is 1. The summed E-state index contributed by atoms with van der Waals surface area (Å²) in [5.41, 5.74) is 6.49. The molecule has 2 fully saturated rings. The van der Waals surface area contributed by atoms with E-state index in [1.54, 1.807) is 0 Å². The SMILES string of the molecule is CC[C@H]1CN(c2nc(N)c(C(=O)NCCO)nc2Cl)CCN1C1CCN(Cc2ccc(F)cc2F)CC1. The number of halogens is 3. The molecule has 0 radical (unpaired) electrons. The molecule has 1 aromatic carbocycles. The Morgan fingerprint density at radius 3 is 2.65 bits per heavy atom. The van der Waals surface area contributed by atoms with Crippen LogP contribution in [0.3, 0.4) is 0 Å². The number of rotatable bonds is 8. The first kappa shape index (κ1) is 27.4. The number of hydrogen-bond acceptors (Lipinski definition) is 8. The maximum atomic E-state index is 14.1. The summed E-state index contributed by atoms with van der Waals surface area (Å²) in [5, 5.41) is 11.5. The van der Waals surface area contributed by atoms with Gasteiger partial charge in [0.15, 0.2) is 22.5 Å². The average molecular weight is 538 g/mol. The fraction of sp³-hybridized carbons (Fsp3) is 0.560. The van der Waals surface area contributed by atoms with Crippen LogP contribution in [0.4, 0.5) is 20.4 Å². The van der Waals surface area contributed by atoms with Crippen LogP contribution in [0, 0.1) is 11.6 Å². The highest BCUT2D eigenvalue weighted by Gasteiger charge is 2.34. The van der Waals surface area contributed by atoms with Gasteiger partial charge in [-0.3, -0.25) is 14.6 Å². The first-order valence-corrected chi connectivity index (χ1v) is 13.1. The van der Waals surface area contributed by atoms with Crippen molar-refractivity contribution in [3.8, 4) is 0 Å². The van der Waals surface area contributed by atoms with E-state index in [2.05, 4.69) is 36.9 Å². The zero-order chi connectivity index (χ0) is 26.5. The summed E-state index contributed by atoms with van der Waals surface area (Å²) in [6.07, 6.45) is 2.90. The fourth-order valence-electron chi connectivity index (χ4n) is 5.25. The Labute approximate surface area is 220 Å². The Hall–Kier alpha value is -2.60. The first-order valence-electron chi connectivity index (χ1n) is 12.7. The fourth-order valence-corrected chi connectivity index (χ4v) is 5.49. The van der Waals surface area contributed by atoms with Gasteiger partial charge in [-0.15, -0.1) is 0 Å². The van der Waals surface area contributed by atoms with Gasteiger partial charge in [0.1, 0.15) is 11.6 Å². The zero-order valence-electron chi connectivity index (χ0n) is 21.0. The van der Waals surface area contributed by atoms with E-state index in [9.17, 15) is 13.6 Å². The van der Waals surface area contributed by atoms with Gasteiger partial charge in [0.25, 0.3) is 5.91 Å². The largest absolute Gasteiger partial charge is 0.395 e. The van der Waals surface area contributed by atoms with E-state index < -0.39 is 17.5 Å². The van der Waals surface area contributed by atoms with Crippen LogP contribution in [-0.2, 0) is 6.54 Å². The van der Waals surface area contributed by atoms with Gasteiger partial charge < -0.3 is 21.1 Å². The Balaban J connectivity index is 1.36. The monoisotopic (exact) mass is 537 g/mol. The number of nitrogen functional groups attached to an aromatic ring is 1. The number of aromatic nitrogens is 2. The third kappa shape index (κ3) is 6.46. The summed E-state index contributed by atoms with van der Waals surface area (Å²) < 4.78 is 27.3. The summed E-state index contributed by atoms with van der Waals surface area (Å²) in [7, 11) is 0. The molecule has 4 N–H and O–H groups in total. The molecule has 37 heavy (non-hydrogen) atoms. The number of hydrogen-bond donors (Lipinski definition) is 3. The minimum Gasteiger partial charge on any atom is -0.395 e. The third-order valence-corrected chi connectivity index (χ3v) is 7.46. The number of anilines is 2. The molecule has 0 aliphatic carbocycles. The van der Waals surface area contributed by atoms with E-state index in [0.29, 0.717) is 37.1 Å². The summed E-state index contributed by atoms with van der Waals surface area (Å²) in [4.78, 5) is 27.6. The normalized spacial score (nSPS) is 19.8. The number of nitrogens with two attached hydrogens (primary N) is 1. The molecule has 0 saturated carbocycles.